The summed E-state index contributed by atoms with van der Waals surface area (Å²) in [5.74, 6) is 0.497. The van der Waals surface area contributed by atoms with Crippen LogP contribution in [0.15, 0.2) is 18.2 Å². The van der Waals surface area contributed by atoms with Gasteiger partial charge in [0.25, 0.3) is 5.91 Å². The molecule has 0 aliphatic heterocycles. The van der Waals surface area contributed by atoms with Crippen molar-refractivity contribution in [1.82, 2.24) is 10.2 Å². The van der Waals surface area contributed by atoms with Crippen LogP contribution in [-0.2, 0) is 0 Å². The second kappa shape index (κ2) is 8.02. The molecule has 1 N–H and O–H groups in total. The lowest BCUT2D eigenvalue weighted by Gasteiger charge is -2.11. The van der Waals surface area contributed by atoms with Crippen molar-refractivity contribution in [1.29, 1.82) is 0 Å². The van der Waals surface area contributed by atoms with Gasteiger partial charge >= 0.3 is 0 Å². The third-order valence-electron chi connectivity index (χ3n) is 2.56. The largest absolute Gasteiger partial charge is 0.492 e. The minimum Gasteiger partial charge on any atom is -0.492 e. The maximum absolute atomic E-state index is 11.9. The third kappa shape index (κ3) is 5.49. The molecule has 0 saturated heterocycles. The van der Waals surface area contributed by atoms with E-state index in [9.17, 15) is 4.79 Å². The molecule has 1 aromatic carbocycles. The summed E-state index contributed by atoms with van der Waals surface area (Å²) < 4.78 is 5.33. The zero-order valence-corrected chi connectivity index (χ0v) is 12.5. The molecule has 0 fully saturated rings. The van der Waals surface area contributed by atoms with Gasteiger partial charge in [-0.05, 0) is 52.2 Å². The van der Waals surface area contributed by atoms with Crippen molar-refractivity contribution in [3.05, 3.63) is 28.8 Å². The van der Waals surface area contributed by atoms with E-state index in [4.69, 9.17) is 16.3 Å². The Labute approximate surface area is 119 Å². The van der Waals surface area contributed by atoms with E-state index >= 15 is 0 Å². The maximum Gasteiger partial charge on any atom is 0.251 e. The third-order valence-corrected chi connectivity index (χ3v) is 2.86. The van der Waals surface area contributed by atoms with E-state index in [-0.39, 0.29) is 5.91 Å². The quantitative estimate of drug-likeness (QED) is 0.782. The van der Waals surface area contributed by atoms with Crippen molar-refractivity contribution < 1.29 is 9.53 Å². The molecule has 19 heavy (non-hydrogen) atoms. The highest BCUT2D eigenvalue weighted by atomic mass is 35.5. The molecular weight excluding hydrogens is 264 g/mol. The molecule has 0 atom stereocenters. The number of nitrogens with zero attached hydrogens (tertiary/aromatic N) is 1. The standard InChI is InChI=1S/C14H21ClN2O2/c1-4-19-13-7-6-11(10-12(13)15)14(18)16-8-5-9-17(2)3/h6-7,10H,4-5,8-9H2,1-3H3,(H,16,18). The molecule has 1 amide bonds. The van der Waals surface area contributed by atoms with Gasteiger partial charge in [-0.15, -0.1) is 0 Å². The van der Waals surface area contributed by atoms with Crippen molar-refractivity contribution >= 4 is 17.5 Å². The average Bonchev–Trinajstić information content (AvgIpc) is 2.36. The summed E-state index contributed by atoms with van der Waals surface area (Å²) in [5.41, 5.74) is 0.554. The van der Waals surface area contributed by atoms with E-state index in [0.29, 0.717) is 29.5 Å². The Balaban J connectivity index is 2.50. The summed E-state index contributed by atoms with van der Waals surface area (Å²) in [6.45, 7) is 4.05. The molecule has 4 nitrogen and oxygen atoms in total. The van der Waals surface area contributed by atoms with Gasteiger partial charge in [-0.1, -0.05) is 11.6 Å². The highest BCUT2D eigenvalue weighted by molar-refractivity contribution is 6.32. The smallest absolute Gasteiger partial charge is 0.251 e. The Bertz CT molecular complexity index is 422. The summed E-state index contributed by atoms with van der Waals surface area (Å²) in [6.07, 6.45) is 0.920. The summed E-state index contributed by atoms with van der Waals surface area (Å²) in [7, 11) is 4.02. The van der Waals surface area contributed by atoms with Crippen LogP contribution in [0.4, 0.5) is 0 Å². The minimum absolute atomic E-state index is 0.108. The van der Waals surface area contributed by atoms with Crippen molar-refractivity contribution in [3.8, 4) is 5.75 Å². The number of carbonyl (C=O) groups is 1. The first-order chi connectivity index (χ1) is 9.04. The zero-order valence-electron chi connectivity index (χ0n) is 11.7. The molecule has 1 aromatic rings. The molecule has 0 radical (unpaired) electrons. The van der Waals surface area contributed by atoms with Crippen molar-refractivity contribution in [2.75, 3.05) is 33.8 Å². The second-order valence-corrected chi connectivity index (χ2v) is 4.90. The van der Waals surface area contributed by atoms with Crippen LogP contribution in [0.25, 0.3) is 0 Å². The SMILES string of the molecule is CCOc1ccc(C(=O)NCCCN(C)C)cc1Cl. The zero-order chi connectivity index (χ0) is 14.3. The van der Waals surface area contributed by atoms with Crippen LogP contribution in [0, 0.1) is 0 Å². The molecule has 0 unspecified atom stereocenters. The number of rotatable bonds is 7. The molecule has 0 aromatic heterocycles. The number of benzene rings is 1. The van der Waals surface area contributed by atoms with Crippen LogP contribution < -0.4 is 10.1 Å². The van der Waals surface area contributed by atoms with Gasteiger partial charge in [0.2, 0.25) is 0 Å². The molecule has 0 spiro atoms. The van der Waals surface area contributed by atoms with Gasteiger partial charge in [-0.3, -0.25) is 4.79 Å². The summed E-state index contributed by atoms with van der Waals surface area (Å²) in [4.78, 5) is 14.0. The van der Waals surface area contributed by atoms with Gasteiger partial charge in [0, 0.05) is 12.1 Å². The number of amides is 1. The summed E-state index contributed by atoms with van der Waals surface area (Å²) in [6, 6.07) is 5.08. The fraction of sp³-hybridized carbons (Fsp3) is 0.500. The van der Waals surface area contributed by atoms with Crippen LogP contribution in [0.2, 0.25) is 5.02 Å². The Morgan fingerprint density at radius 2 is 2.16 bits per heavy atom. The lowest BCUT2D eigenvalue weighted by molar-refractivity contribution is 0.0952. The molecule has 5 heteroatoms. The molecule has 106 valence electrons. The van der Waals surface area contributed by atoms with E-state index in [1.54, 1.807) is 18.2 Å². The van der Waals surface area contributed by atoms with Crippen molar-refractivity contribution in [2.45, 2.75) is 13.3 Å². The van der Waals surface area contributed by atoms with Crippen molar-refractivity contribution in [3.63, 3.8) is 0 Å². The lowest BCUT2D eigenvalue weighted by Crippen LogP contribution is -2.27. The first-order valence-corrected chi connectivity index (χ1v) is 6.77. The van der Waals surface area contributed by atoms with Gasteiger partial charge < -0.3 is 15.0 Å². The van der Waals surface area contributed by atoms with Gasteiger partial charge in [0.15, 0.2) is 0 Å². The average molecular weight is 285 g/mol. The van der Waals surface area contributed by atoms with Crippen LogP contribution >= 0.6 is 11.6 Å². The van der Waals surface area contributed by atoms with Gasteiger partial charge in [-0.2, -0.15) is 0 Å². The number of nitrogens with one attached hydrogen (secondary N) is 1. The fourth-order valence-corrected chi connectivity index (χ4v) is 1.85. The highest BCUT2D eigenvalue weighted by Gasteiger charge is 2.08. The molecule has 0 saturated carbocycles. The molecule has 0 aliphatic carbocycles. The number of hydrogen-bond donors (Lipinski definition) is 1. The van der Waals surface area contributed by atoms with E-state index in [2.05, 4.69) is 10.2 Å². The molecule has 0 heterocycles. The fourth-order valence-electron chi connectivity index (χ4n) is 1.61. The monoisotopic (exact) mass is 284 g/mol. The van der Waals surface area contributed by atoms with E-state index < -0.39 is 0 Å². The molecule has 0 aliphatic rings. The van der Waals surface area contributed by atoms with Crippen molar-refractivity contribution in [2.24, 2.45) is 0 Å². The predicted molar refractivity (Wildman–Crippen MR) is 78.1 cm³/mol. The van der Waals surface area contributed by atoms with Crippen LogP contribution in [0.5, 0.6) is 5.75 Å². The Morgan fingerprint density at radius 1 is 1.42 bits per heavy atom. The first-order valence-electron chi connectivity index (χ1n) is 6.40. The Hall–Kier alpha value is -1.26. The van der Waals surface area contributed by atoms with Gasteiger partial charge in [-0.25, -0.2) is 0 Å². The van der Waals surface area contributed by atoms with Crippen LogP contribution in [-0.4, -0.2) is 44.6 Å². The maximum atomic E-state index is 11.9. The summed E-state index contributed by atoms with van der Waals surface area (Å²) in [5, 5.41) is 3.33. The topological polar surface area (TPSA) is 41.6 Å². The number of halogens is 1. The molecular formula is C14H21ClN2O2. The predicted octanol–water partition coefficient (Wildman–Crippen LogP) is 2.42. The lowest BCUT2D eigenvalue weighted by atomic mass is 10.2. The molecule has 0 bridgehead atoms. The first kappa shape index (κ1) is 15.8. The van der Waals surface area contributed by atoms with E-state index in [1.165, 1.54) is 0 Å². The van der Waals surface area contributed by atoms with E-state index in [0.717, 1.165) is 13.0 Å². The summed E-state index contributed by atoms with van der Waals surface area (Å²) >= 11 is 6.04. The number of ether oxygens (including phenoxy) is 1. The molecule has 1 rings (SSSR count). The van der Waals surface area contributed by atoms with Crippen LogP contribution in [0.3, 0.4) is 0 Å². The van der Waals surface area contributed by atoms with E-state index in [1.807, 2.05) is 21.0 Å². The number of carbonyl (C=O) groups excluding carboxylic acids is 1. The Morgan fingerprint density at radius 3 is 2.74 bits per heavy atom. The second-order valence-electron chi connectivity index (χ2n) is 4.49. The number of hydrogen-bond acceptors (Lipinski definition) is 3. The van der Waals surface area contributed by atoms with Gasteiger partial charge in [0.1, 0.15) is 5.75 Å². The van der Waals surface area contributed by atoms with Gasteiger partial charge in [0.05, 0.1) is 11.6 Å². The van der Waals surface area contributed by atoms with Crippen LogP contribution in [0.1, 0.15) is 23.7 Å². The minimum atomic E-state index is -0.108. The highest BCUT2D eigenvalue weighted by Crippen LogP contribution is 2.25. The Kier molecular flexibility index (Phi) is 6.67. The normalized spacial score (nSPS) is 10.6.